The third-order valence-corrected chi connectivity index (χ3v) is 4.05. The lowest BCUT2D eigenvalue weighted by Gasteiger charge is -2.36. The lowest BCUT2D eigenvalue weighted by atomic mass is 10.1. The van der Waals surface area contributed by atoms with Crippen molar-refractivity contribution in [2.24, 2.45) is 5.92 Å². The van der Waals surface area contributed by atoms with Crippen molar-refractivity contribution in [3.63, 3.8) is 0 Å². The van der Waals surface area contributed by atoms with E-state index in [0.717, 1.165) is 37.7 Å². The van der Waals surface area contributed by atoms with E-state index in [4.69, 9.17) is 5.26 Å². The van der Waals surface area contributed by atoms with Crippen LogP contribution in [0.5, 0.6) is 0 Å². The van der Waals surface area contributed by atoms with E-state index in [9.17, 15) is 8.78 Å². The number of benzene rings is 1. The zero-order valence-electron chi connectivity index (χ0n) is 11.3. The number of rotatable bonds is 3. The number of nitriles is 1. The molecule has 1 aliphatic heterocycles. The molecule has 0 radical (unpaired) electrons. The highest BCUT2D eigenvalue weighted by Crippen LogP contribution is 2.31. The summed E-state index contributed by atoms with van der Waals surface area (Å²) in [6.45, 7) is 4.07. The molecule has 1 aromatic carbocycles. The third-order valence-electron chi connectivity index (χ3n) is 4.05. The lowest BCUT2D eigenvalue weighted by molar-refractivity contribution is 0.247. The molecule has 1 heterocycles. The molecule has 3 nitrogen and oxygen atoms in total. The molecule has 5 heteroatoms. The predicted molar refractivity (Wildman–Crippen MR) is 72.5 cm³/mol. The molecule has 0 unspecified atom stereocenters. The first kappa shape index (κ1) is 13.3. The van der Waals surface area contributed by atoms with Gasteiger partial charge in [0.15, 0.2) is 11.6 Å². The second kappa shape index (κ2) is 5.37. The minimum atomic E-state index is -0.641. The van der Waals surface area contributed by atoms with Crippen LogP contribution in [0.2, 0.25) is 0 Å². The van der Waals surface area contributed by atoms with Gasteiger partial charge in [0, 0.05) is 32.7 Å². The van der Waals surface area contributed by atoms with Gasteiger partial charge in [0.1, 0.15) is 5.69 Å². The summed E-state index contributed by atoms with van der Waals surface area (Å²) in [5, 5.41) is 8.71. The van der Waals surface area contributed by atoms with Crippen LogP contribution in [-0.2, 0) is 0 Å². The van der Waals surface area contributed by atoms with E-state index in [0.29, 0.717) is 13.1 Å². The Bertz CT molecular complexity index is 518. The van der Waals surface area contributed by atoms with Crippen LogP contribution in [0.3, 0.4) is 0 Å². The maximum Gasteiger partial charge on any atom is 0.150 e. The van der Waals surface area contributed by atoms with Crippen molar-refractivity contribution < 1.29 is 8.78 Å². The first-order valence-electron chi connectivity index (χ1n) is 7.04. The number of hydrogen-bond acceptors (Lipinski definition) is 3. The maximum atomic E-state index is 14.0. The third kappa shape index (κ3) is 2.75. The van der Waals surface area contributed by atoms with Crippen LogP contribution in [0.1, 0.15) is 18.4 Å². The molecule has 1 aromatic rings. The average molecular weight is 277 g/mol. The fraction of sp³-hybridized carbons (Fsp3) is 0.533. The molecule has 0 atom stereocenters. The Labute approximate surface area is 117 Å². The molecule has 0 bridgehead atoms. The van der Waals surface area contributed by atoms with Crippen molar-refractivity contribution in [1.82, 2.24) is 4.90 Å². The fourth-order valence-corrected chi connectivity index (χ4v) is 2.75. The Morgan fingerprint density at radius 2 is 1.70 bits per heavy atom. The van der Waals surface area contributed by atoms with Crippen LogP contribution in [0.4, 0.5) is 14.5 Å². The molecule has 0 N–H and O–H groups in total. The molecule has 2 aliphatic rings. The van der Waals surface area contributed by atoms with Gasteiger partial charge in [-0.3, -0.25) is 4.90 Å². The Morgan fingerprint density at radius 1 is 1.10 bits per heavy atom. The summed E-state index contributed by atoms with van der Waals surface area (Å²) in [5.41, 5.74) is 0.0335. The average Bonchev–Trinajstić information content (AvgIpc) is 3.23. The topological polar surface area (TPSA) is 30.3 Å². The van der Waals surface area contributed by atoms with Gasteiger partial charge in [-0.15, -0.1) is 0 Å². The quantitative estimate of drug-likeness (QED) is 0.849. The summed E-state index contributed by atoms with van der Waals surface area (Å²) in [6, 6.07) is 3.98. The Hall–Kier alpha value is -1.67. The van der Waals surface area contributed by atoms with Crippen LogP contribution in [0.15, 0.2) is 12.1 Å². The first-order chi connectivity index (χ1) is 9.67. The molecule has 0 amide bonds. The van der Waals surface area contributed by atoms with Gasteiger partial charge in [-0.1, -0.05) is 0 Å². The molecule has 2 fully saturated rings. The molecule has 20 heavy (non-hydrogen) atoms. The van der Waals surface area contributed by atoms with Gasteiger partial charge >= 0.3 is 0 Å². The second-order valence-corrected chi connectivity index (χ2v) is 5.63. The normalized spacial score (nSPS) is 19.9. The molecule has 0 spiro atoms. The Morgan fingerprint density at radius 3 is 2.20 bits per heavy atom. The van der Waals surface area contributed by atoms with Gasteiger partial charge in [-0.2, -0.15) is 5.26 Å². The van der Waals surface area contributed by atoms with E-state index in [1.54, 1.807) is 11.0 Å². The van der Waals surface area contributed by atoms with E-state index in [-0.39, 0.29) is 11.3 Å². The lowest BCUT2D eigenvalue weighted by Crippen LogP contribution is -2.47. The van der Waals surface area contributed by atoms with E-state index in [2.05, 4.69) is 4.90 Å². The summed E-state index contributed by atoms with van der Waals surface area (Å²) in [7, 11) is 0. The maximum absolute atomic E-state index is 14.0. The number of anilines is 1. The number of piperazine rings is 1. The van der Waals surface area contributed by atoms with Crippen LogP contribution in [0.25, 0.3) is 0 Å². The molecule has 1 saturated heterocycles. The van der Waals surface area contributed by atoms with Gasteiger partial charge in [0.25, 0.3) is 0 Å². The molecule has 3 rings (SSSR count). The van der Waals surface area contributed by atoms with Crippen molar-refractivity contribution in [3.05, 3.63) is 29.3 Å². The minimum absolute atomic E-state index is 0.00933. The number of halogens is 2. The minimum Gasteiger partial charge on any atom is -0.364 e. The van der Waals surface area contributed by atoms with Crippen LogP contribution >= 0.6 is 0 Å². The first-order valence-corrected chi connectivity index (χ1v) is 7.04. The van der Waals surface area contributed by atoms with E-state index < -0.39 is 11.6 Å². The van der Waals surface area contributed by atoms with Crippen molar-refractivity contribution in [1.29, 1.82) is 5.26 Å². The number of nitrogens with zero attached hydrogens (tertiary/aromatic N) is 3. The highest BCUT2D eigenvalue weighted by atomic mass is 19.1. The van der Waals surface area contributed by atoms with Gasteiger partial charge < -0.3 is 4.90 Å². The summed E-state index contributed by atoms with van der Waals surface area (Å²) in [6.07, 6.45) is 2.64. The summed E-state index contributed by atoms with van der Waals surface area (Å²) in [5.74, 6) is -0.445. The van der Waals surface area contributed by atoms with Crippen LogP contribution in [-0.4, -0.2) is 37.6 Å². The zero-order valence-corrected chi connectivity index (χ0v) is 11.3. The molecule has 1 aliphatic carbocycles. The SMILES string of the molecule is N#Cc1cc(F)c(N2CCN(CC3CC3)CC2)c(F)c1. The highest BCUT2D eigenvalue weighted by molar-refractivity contribution is 5.53. The van der Waals surface area contributed by atoms with Gasteiger partial charge in [0.2, 0.25) is 0 Å². The van der Waals surface area contributed by atoms with Crippen LogP contribution in [0, 0.1) is 28.9 Å². The van der Waals surface area contributed by atoms with Crippen molar-refractivity contribution >= 4 is 5.69 Å². The largest absolute Gasteiger partial charge is 0.364 e. The van der Waals surface area contributed by atoms with Crippen molar-refractivity contribution in [3.8, 4) is 6.07 Å². The molecule has 0 aromatic heterocycles. The van der Waals surface area contributed by atoms with E-state index in [1.807, 2.05) is 0 Å². The standard InChI is InChI=1S/C15H17F2N3/c16-13-7-12(9-18)8-14(17)15(13)20-5-3-19(4-6-20)10-11-1-2-11/h7-8,11H,1-6,10H2. The Balaban J connectivity index is 1.69. The van der Waals surface area contributed by atoms with Gasteiger partial charge in [0.05, 0.1) is 11.6 Å². The molecule has 1 saturated carbocycles. The van der Waals surface area contributed by atoms with Crippen LogP contribution < -0.4 is 4.90 Å². The van der Waals surface area contributed by atoms with E-state index in [1.165, 1.54) is 12.8 Å². The summed E-state index contributed by atoms with van der Waals surface area (Å²) < 4.78 is 27.9. The highest BCUT2D eigenvalue weighted by Gasteiger charge is 2.28. The smallest absolute Gasteiger partial charge is 0.150 e. The molecule has 106 valence electrons. The van der Waals surface area contributed by atoms with Crippen molar-refractivity contribution in [2.45, 2.75) is 12.8 Å². The molecular weight excluding hydrogens is 260 g/mol. The summed E-state index contributed by atoms with van der Waals surface area (Å²) >= 11 is 0. The predicted octanol–water partition coefficient (Wildman–Crippen LogP) is 2.37. The van der Waals surface area contributed by atoms with Gasteiger partial charge in [-0.25, -0.2) is 8.78 Å². The van der Waals surface area contributed by atoms with Crippen molar-refractivity contribution in [2.75, 3.05) is 37.6 Å². The number of hydrogen-bond donors (Lipinski definition) is 0. The fourth-order valence-electron chi connectivity index (χ4n) is 2.75. The monoisotopic (exact) mass is 277 g/mol. The molecular formula is C15H17F2N3. The summed E-state index contributed by atoms with van der Waals surface area (Å²) in [4.78, 5) is 4.11. The van der Waals surface area contributed by atoms with Gasteiger partial charge in [-0.05, 0) is 30.9 Å². The second-order valence-electron chi connectivity index (χ2n) is 5.63. The Kier molecular flexibility index (Phi) is 3.58. The zero-order chi connectivity index (χ0) is 14.1. The van der Waals surface area contributed by atoms with E-state index >= 15 is 0 Å².